The number of anilines is 1. The molecule has 0 bridgehead atoms. The highest BCUT2D eigenvalue weighted by Crippen LogP contribution is 2.42. The maximum absolute atomic E-state index is 13.1. The minimum atomic E-state index is -4.44. The van der Waals surface area contributed by atoms with E-state index in [1.54, 1.807) is 37.3 Å². The first-order chi connectivity index (χ1) is 9.81. The zero-order valence-electron chi connectivity index (χ0n) is 11.5. The maximum atomic E-state index is 13.1. The van der Waals surface area contributed by atoms with Crippen LogP contribution in [0.5, 0.6) is 5.75 Å². The van der Waals surface area contributed by atoms with Gasteiger partial charge >= 0.3 is 6.18 Å². The number of aryl methyl sites for hydroxylation is 1. The van der Waals surface area contributed by atoms with Crippen LogP contribution < -0.4 is 10.5 Å². The highest BCUT2D eigenvalue weighted by Gasteiger charge is 2.34. The van der Waals surface area contributed by atoms with Crippen molar-refractivity contribution < 1.29 is 17.9 Å². The zero-order valence-corrected chi connectivity index (χ0v) is 12.3. The van der Waals surface area contributed by atoms with E-state index in [1.807, 2.05) is 0 Å². The maximum Gasteiger partial charge on any atom is 0.417 e. The molecule has 2 nitrogen and oxygen atoms in total. The fourth-order valence-electron chi connectivity index (χ4n) is 1.91. The second kappa shape index (κ2) is 5.89. The van der Waals surface area contributed by atoms with Gasteiger partial charge < -0.3 is 10.5 Å². The molecular weight excluding hydrogens is 299 g/mol. The van der Waals surface area contributed by atoms with E-state index in [9.17, 15) is 13.2 Å². The number of hydrogen-bond donors (Lipinski definition) is 1. The van der Waals surface area contributed by atoms with Crippen LogP contribution in [0, 0.1) is 6.92 Å². The molecule has 0 spiro atoms. The van der Waals surface area contributed by atoms with Crippen molar-refractivity contribution in [1.82, 2.24) is 0 Å². The summed E-state index contributed by atoms with van der Waals surface area (Å²) in [5.74, 6) is 0.657. The minimum absolute atomic E-state index is 0.110. The molecule has 6 heteroatoms. The Morgan fingerprint density at radius 2 is 1.71 bits per heavy atom. The van der Waals surface area contributed by atoms with Gasteiger partial charge in [-0.05, 0) is 48.9 Å². The number of halogens is 3. The Bertz CT molecular complexity index is 639. The number of hydrogen-bond acceptors (Lipinski definition) is 3. The van der Waals surface area contributed by atoms with Crippen LogP contribution >= 0.6 is 11.8 Å². The number of rotatable bonds is 3. The molecule has 0 atom stereocenters. The molecule has 0 heterocycles. The van der Waals surface area contributed by atoms with Gasteiger partial charge in [-0.15, -0.1) is 0 Å². The fourth-order valence-corrected chi connectivity index (χ4v) is 2.92. The Morgan fingerprint density at radius 3 is 2.24 bits per heavy atom. The van der Waals surface area contributed by atoms with Crippen LogP contribution in [-0.2, 0) is 6.18 Å². The molecule has 0 saturated carbocycles. The third-order valence-corrected chi connectivity index (χ3v) is 4.14. The minimum Gasteiger partial charge on any atom is -0.497 e. The van der Waals surface area contributed by atoms with Crippen LogP contribution in [0.3, 0.4) is 0 Å². The summed E-state index contributed by atoms with van der Waals surface area (Å²) < 4.78 is 44.5. The molecule has 0 aromatic heterocycles. The summed E-state index contributed by atoms with van der Waals surface area (Å²) in [6, 6.07) is 9.38. The molecule has 2 aromatic carbocycles. The van der Waals surface area contributed by atoms with E-state index in [0.29, 0.717) is 16.2 Å². The fraction of sp³-hybridized carbons (Fsp3) is 0.200. The molecule has 2 rings (SSSR count). The smallest absolute Gasteiger partial charge is 0.417 e. The zero-order chi connectivity index (χ0) is 15.6. The normalized spacial score (nSPS) is 11.5. The number of benzene rings is 2. The summed E-state index contributed by atoms with van der Waals surface area (Å²) in [7, 11) is 1.54. The van der Waals surface area contributed by atoms with Crippen LogP contribution in [0.15, 0.2) is 46.2 Å². The van der Waals surface area contributed by atoms with Gasteiger partial charge in [0.25, 0.3) is 0 Å². The van der Waals surface area contributed by atoms with Crippen molar-refractivity contribution in [1.29, 1.82) is 0 Å². The standard InChI is InChI=1S/C15H14F3NOS/c1-9-7-10(19)8-13(15(16,17)18)14(9)21-12-5-3-11(20-2)4-6-12/h3-8H,19H2,1-2H3. The quantitative estimate of drug-likeness (QED) is 0.830. The van der Waals surface area contributed by atoms with Gasteiger partial charge in [0.1, 0.15) is 5.75 Å². The summed E-state index contributed by atoms with van der Waals surface area (Å²) >= 11 is 1.06. The van der Waals surface area contributed by atoms with Crippen molar-refractivity contribution in [2.45, 2.75) is 22.9 Å². The van der Waals surface area contributed by atoms with Crippen molar-refractivity contribution in [2.24, 2.45) is 0 Å². The van der Waals surface area contributed by atoms with E-state index in [2.05, 4.69) is 0 Å². The van der Waals surface area contributed by atoms with Gasteiger partial charge in [-0.2, -0.15) is 13.2 Å². The Morgan fingerprint density at radius 1 is 1.10 bits per heavy atom. The highest BCUT2D eigenvalue weighted by atomic mass is 32.2. The lowest BCUT2D eigenvalue weighted by atomic mass is 10.1. The predicted molar refractivity (Wildman–Crippen MR) is 77.7 cm³/mol. The lowest BCUT2D eigenvalue weighted by molar-refractivity contribution is -0.139. The SMILES string of the molecule is COc1ccc(Sc2c(C)cc(N)cc2C(F)(F)F)cc1. The molecule has 2 aromatic rings. The van der Waals surface area contributed by atoms with Crippen LogP contribution in [0.2, 0.25) is 0 Å². The number of nitrogen functional groups attached to an aromatic ring is 1. The first-order valence-corrected chi connectivity index (χ1v) is 6.92. The lowest BCUT2D eigenvalue weighted by Crippen LogP contribution is -2.09. The lowest BCUT2D eigenvalue weighted by Gasteiger charge is -2.16. The van der Waals surface area contributed by atoms with Gasteiger partial charge in [-0.3, -0.25) is 0 Å². The molecule has 0 saturated heterocycles. The Hall–Kier alpha value is -1.82. The van der Waals surface area contributed by atoms with E-state index in [0.717, 1.165) is 17.8 Å². The summed E-state index contributed by atoms with van der Waals surface area (Å²) in [5, 5.41) is 0. The third kappa shape index (κ3) is 3.64. The summed E-state index contributed by atoms with van der Waals surface area (Å²) in [6.07, 6.45) is -4.44. The highest BCUT2D eigenvalue weighted by molar-refractivity contribution is 7.99. The van der Waals surface area contributed by atoms with Gasteiger partial charge in [0.05, 0.1) is 12.7 Å². The topological polar surface area (TPSA) is 35.2 Å². The monoisotopic (exact) mass is 313 g/mol. The second-order valence-electron chi connectivity index (χ2n) is 4.49. The van der Waals surface area contributed by atoms with Crippen molar-refractivity contribution in [3.05, 3.63) is 47.5 Å². The number of alkyl halides is 3. The molecule has 0 fully saturated rings. The van der Waals surface area contributed by atoms with E-state index < -0.39 is 11.7 Å². The summed E-state index contributed by atoms with van der Waals surface area (Å²) in [6.45, 7) is 1.62. The Balaban J connectivity index is 2.42. The van der Waals surface area contributed by atoms with Crippen molar-refractivity contribution in [3.8, 4) is 5.75 Å². The van der Waals surface area contributed by atoms with Gasteiger partial charge in [0, 0.05) is 15.5 Å². The van der Waals surface area contributed by atoms with Gasteiger partial charge in [-0.25, -0.2) is 0 Å². The first-order valence-electron chi connectivity index (χ1n) is 6.10. The molecule has 0 aliphatic heterocycles. The molecule has 0 unspecified atom stereocenters. The van der Waals surface area contributed by atoms with E-state index in [-0.39, 0.29) is 10.6 Å². The Labute approximate surface area is 125 Å². The average Bonchev–Trinajstić information content (AvgIpc) is 2.41. The molecule has 112 valence electrons. The van der Waals surface area contributed by atoms with Gasteiger partial charge in [0.15, 0.2) is 0 Å². The largest absolute Gasteiger partial charge is 0.497 e. The van der Waals surface area contributed by atoms with E-state index in [1.165, 1.54) is 7.11 Å². The summed E-state index contributed by atoms with van der Waals surface area (Å²) in [5.41, 5.74) is 5.44. The Kier molecular flexibility index (Phi) is 4.37. The number of methoxy groups -OCH3 is 1. The van der Waals surface area contributed by atoms with Crippen LogP contribution in [0.1, 0.15) is 11.1 Å². The third-order valence-electron chi connectivity index (χ3n) is 2.88. The van der Waals surface area contributed by atoms with Crippen LogP contribution in [-0.4, -0.2) is 7.11 Å². The van der Waals surface area contributed by atoms with E-state index in [4.69, 9.17) is 10.5 Å². The van der Waals surface area contributed by atoms with Crippen molar-refractivity contribution >= 4 is 17.4 Å². The molecule has 21 heavy (non-hydrogen) atoms. The summed E-state index contributed by atoms with van der Waals surface area (Å²) in [4.78, 5) is 0.871. The first kappa shape index (κ1) is 15.6. The predicted octanol–water partition coefficient (Wildman–Crippen LogP) is 4.76. The van der Waals surface area contributed by atoms with Gasteiger partial charge in [-0.1, -0.05) is 11.8 Å². The number of ether oxygens (including phenoxy) is 1. The second-order valence-corrected chi connectivity index (χ2v) is 5.57. The van der Waals surface area contributed by atoms with Crippen LogP contribution in [0.4, 0.5) is 18.9 Å². The number of nitrogens with two attached hydrogens (primary N) is 1. The van der Waals surface area contributed by atoms with E-state index >= 15 is 0 Å². The van der Waals surface area contributed by atoms with Gasteiger partial charge in [0.2, 0.25) is 0 Å². The molecule has 0 aliphatic carbocycles. The molecular formula is C15H14F3NOS. The van der Waals surface area contributed by atoms with Crippen LogP contribution in [0.25, 0.3) is 0 Å². The molecule has 0 aliphatic rings. The van der Waals surface area contributed by atoms with Crippen molar-refractivity contribution in [2.75, 3.05) is 12.8 Å². The molecule has 0 amide bonds. The molecule has 2 N–H and O–H groups in total. The average molecular weight is 313 g/mol. The molecule has 0 radical (unpaired) electrons. The van der Waals surface area contributed by atoms with Crippen molar-refractivity contribution in [3.63, 3.8) is 0 Å².